The van der Waals surface area contributed by atoms with E-state index in [1.165, 1.54) is 0 Å². The van der Waals surface area contributed by atoms with E-state index >= 15 is 0 Å². The standard InChI is InChI=1S/C19H20BrN3O/c1-3-18-21-16-6-4-5-7-17(16)23(18)13-19(24)22(2)12-14-8-10-15(20)11-9-14/h4-11H,3,12-13H2,1-2H3. The van der Waals surface area contributed by atoms with Gasteiger partial charge in [0.1, 0.15) is 12.4 Å². The molecular weight excluding hydrogens is 366 g/mol. The molecule has 0 aliphatic heterocycles. The monoisotopic (exact) mass is 385 g/mol. The van der Waals surface area contributed by atoms with Crippen LogP contribution in [0.25, 0.3) is 11.0 Å². The van der Waals surface area contributed by atoms with Gasteiger partial charge in [0.15, 0.2) is 0 Å². The predicted octanol–water partition coefficient (Wildman–Crippen LogP) is 4.02. The molecular formula is C19H20BrN3O. The summed E-state index contributed by atoms with van der Waals surface area (Å²) in [6.45, 7) is 2.98. The number of imidazole rings is 1. The maximum absolute atomic E-state index is 12.7. The van der Waals surface area contributed by atoms with Crippen molar-refractivity contribution in [1.82, 2.24) is 14.5 Å². The first kappa shape index (κ1) is 16.7. The number of carbonyl (C=O) groups is 1. The van der Waals surface area contributed by atoms with Crippen LogP contribution in [0.15, 0.2) is 53.0 Å². The minimum absolute atomic E-state index is 0.0794. The molecule has 0 radical (unpaired) electrons. The molecule has 1 amide bonds. The number of benzene rings is 2. The largest absolute Gasteiger partial charge is 0.340 e. The Morgan fingerprint density at radius 3 is 2.58 bits per heavy atom. The summed E-state index contributed by atoms with van der Waals surface area (Å²) >= 11 is 3.43. The van der Waals surface area contributed by atoms with E-state index in [-0.39, 0.29) is 5.91 Å². The number of hydrogen-bond acceptors (Lipinski definition) is 2. The highest BCUT2D eigenvalue weighted by molar-refractivity contribution is 9.10. The summed E-state index contributed by atoms with van der Waals surface area (Å²) in [6.07, 6.45) is 0.804. The van der Waals surface area contributed by atoms with Gasteiger partial charge in [0.05, 0.1) is 11.0 Å². The molecule has 124 valence electrons. The molecule has 2 aromatic carbocycles. The molecule has 4 nitrogen and oxygen atoms in total. The third-order valence-electron chi connectivity index (χ3n) is 4.10. The average molecular weight is 386 g/mol. The number of halogens is 1. The average Bonchev–Trinajstić information content (AvgIpc) is 2.94. The first-order valence-corrected chi connectivity index (χ1v) is 8.80. The maximum atomic E-state index is 12.7. The summed E-state index contributed by atoms with van der Waals surface area (Å²) in [7, 11) is 1.84. The molecule has 0 fully saturated rings. The zero-order valence-corrected chi connectivity index (χ0v) is 15.5. The van der Waals surface area contributed by atoms with E-state index in [0.717, 1.165) is 33.3 Å². The van der Waals surface area contributed by atoms with Crippen LogP contribution in [0.3, 0.4) is 0 Å². The van der Waals surface area contributed by atoms with Crippen LogP contribution < -0.4 is 0 Å². The van der Waals surface area contributed by atoms with Crippen molar-refractivity contribution in [2.45, 2.75) is 26.4 Å². The predicted molar refractivity (Wildman–Crippen MR) is 99.7 cm³/mol. The van der Waals surface area contributed by atoms with E-state index in [1.807, 2.05) is 60.1 Å². The van der Waals surface area contributed by atoms with Crippen LogP contribution in [-0.4, -0.2) is 27.4 Å². The van der Waals surface area contributed by atoms with E-state index in [2.05, 4.69) is 27.8 Å². The number of carbonyl (C=O) groups excluding carboxylic acids is 1. The molecule has 0 aliphatic carbocycles. The van der Waals surface area contributed by atoms with Gasteiger partial charge in [-0.05, 0) is 29.8 Å². The number of fused-ring (bicyclic) bond motifs is 1. The first-order valence-electron chi connectivity index (χ1n) is 8.01. The molecule has 1 aromatic heterocycles. The fourth-order valence-corrected chi connectivity index (χ4v) is 3.04. The van der Waals surface area contributed by atoms with Gasteiger partial charge in [0, 0.05) is 24.5 Å². The van der Waals surface area contributed by atoms with Gasteiger partial charge >= 0.3 is 0 Å². The summed E-state index contributed by atoms with van der Waals surface area (Å²) in [5.74, 6) is 1.03. The molecule has 0 aliphatic rings. The van der Waals surface area contributed by atoms with Crippen LogP contribution >= 0.6 is 15.9 Å². The van der Waals surface area contributed by atoms with Gasteiger partial charge in [-0.2, -0.15) is 0 Å². The fourth-order valence-electron chi connectivity index (χ4n) is 2.78. The third-order valence-corrected chi connectivity index (χ3v) is 4.63. The molecule has 3 rings (SSSR count). The van der Waals surface area contributed by atoms with E-state index < -0.39 is 0 Å². The minimum Gasteiger partial charge on any atom is -0.340 e. The topological polar surface area (TPSA) is 38.1 Å². The minimum atomic E-state index is 0.0794. The lowest BCUT2D eigenvalue weighted by Crippen LogP contribution is -2.30. The first-order chi connectivity index (χ1) is 11.6. The van der Waals surface area contributed by atoms with Crippen molar-refractivity contribution in [2.75, 3.05) is 7.05 Å². The molecule has 3 aromatic rings. The van der Waals surface area contributed by atoms with Gasteiger partial charge in [0.2, 0.25) is 5.91 Å². The summed E-state index contributed by atoms with van der Waals surface area (Å²) in [4.78, 5) is 19.0. The van der Waals surface area contributed by atoms with Gasteiger partial charge in [-0.25, -0.2) is 4.98 Å². The second-order valence-electron chi connectivity index (χ2n) is 5.83. The number of aryl methyl sites for hydroxylation is 1. The van der Waals surface area contributed by atoms with Crippen LogP contribution in [0.2, 0.25) is 0 Å². The van der Waals surface area contributed by atoms with Crippen molar-refractivity contribution >= 4 is 32.9 Å². The van der Waals surface area contributed by atoms with Gasteiger partial charge in [0.25, 0.3) is 0 Å². The van der Waals surface area contributed by atoms with E-state index in [4.69, 9.17) is 0 Å². The fraction of sp³-hybridized carbons (Fsp3) is 0.263. The van der Waals surface area contributed by atoms with Crippen LogP contribution in [0.5, 0.6) is 0 Å². The highest BCUT2D eigenvalue weighted by Gasteiger charge is 2.15. The lowest BCUT2D eigenvalue weighted by molar-refractivity contribution is -0.131. The Balaban J connectivity index is 1.77. The molecule has 5 heteroatoms. The normalized spacial score (nSPS) is 11.0. The van der Waals surface area contributed by atoms with Gasteiger partial charge < -0.3 is 9.47 Å². The van der Waals surface area contributed by atoms with Crippen molar-refractivity contribution < 1.29 is 4.79 Å². The van der Waals surface area contributed by atoms with E-state index in [1.54, 1.807) is 4.90 Å². The number of nitrogens with zero attached hydrogens (tertiary/aromatic N) is 3. The second-order valence-corrected chi connectivity index (χ2v) is 6.75. The van der Waals surface area contributed by atoms with Crippen molar-refractivity contribution in [2.24, 2.45) is 0 Å². The summed E-state index contributed by atoms with van der Waals surface area (Å²) in [5.41, 5.74) is 3.07. The van der Waals surface area contributed by atoms with Gasteiger partial charge in [-0.15, -0.1) is 0 Å². The lowest BCUT2D eigenvalue weighted by Gasteiger charge is -2.18. The maximum Gasteiger partial charge on any atom is 0.242 e. The summed E-state index contributed by atoms with van der Waals surface area (Å²) in [5, 5.41) is 0. The zero-order valence-electron chi connectivity index (χ0n) is 13.9. The number of hydrogen-bond donors (Lipinski definition) is 0. The van der Waals surface area contributed by atoms with Crippen molar-refractivity contribution in [1.29, 1.82) is 0 Å². The highest BCUT2D eigenvalue weighted by Crippen LogP contribution is 2.17. The molecule has 0 saturated heterocycles. The van der Waals surface area contributed by atoms with Crippen molar-refractivity contribution in [3.63, 3.8) is 0 Å². The smallest absolute Gasteiger partial charge is 0.242 e. The highest BCUT2D eigenvalue weighted by atomic mass is 79.9. The number of amides is 1. The molecule has 0 saturated carbocycles. The molecule has 0 spiro atoms. The van der Waals surface area contributed by atoms with Gasteiger partial charge in [-0.3, -0.25) is 4.79 Å². The Morgan fingerprint density at radius 2 is 1.88 bits per heavy atom. The number of likely N-dealkylation sites (N-methyl/N-ethyl adjacent to an activating group) is 1. The molecule has 0 unspecified atom stereocenters. The van der Waals surface area contributed by atoms with Crippen molar-refractivity contribution in [3.05, 3.63) is 64.4 Å². The van der Waals surface area contributed by atoms with Crippen molar-refractivity contribution in [3.8, 4) is 0 Å². The lowest BCUT2D eigenvalue weighted by atomic mass is 10.2. The van der Waals surface area contributed by atoms with E-state index in [0.29, 0.717) is 13.1 Å². The van der Waals surface area contributed by atoms with Crippen LogP contribution in [-0.2, 0) is 24.3 Å². The summed E-state index contributed by atoms with van der Waals surface area (Å²) < 4.78 is 3.06. The molecule has 0 N–H and O–H groups in total. The second kappa shape index (κ2) is 7.18. The Kier molecular flexibility index (Phi) is 5.00. The summed E-state index contributed by atoms with van der Waals surface area (Å²) in [6, 6.07) is 16.0. The van der Waals surface area contributed by atoms with Gasteiger partial charge in [-0.1, -0.05) is 47.1 Å². The Hall–Kier alpha value is -2.14. The Morgan fingerprint density at radius 1 is 1.17 bits per heavy atom. The van der Waals surface area contributed by atoms with E-state index in [9.17, 15) is 4.79 Å². The zero-order chi connectivity index (χ0) is 17.1. The quantitative estimate of drug-likeness (QED) is 0.664. The number of para-hydroxylation sites is 2. The molecule has 24 heavy (non-hydrogen) atoms. The van der Waals surface area contributed by atoms with Crippen LogP contribution in [0.1, 0.15) is 18.3 Å². The SMILES string of the molecule is CCc1nc2ccccc2n1CC(=O)N(C)Cc1ccc(Br)cc1. The van der Waals surface area contributed by atoms with Crippen LogP contribution in [0, 0.1) is 0 Å². The molecule has 0 atom stereocenters. The molecule has 1 heterocycles. The number of rotatable bonds is 5. The molecule has 0 bridgehead atoms. The Labute approximate surface area is 150 Å². The Bertz CT molecular complexity index is 855. The number of aromatic nitrogens is 2. The van der Waals surface area contributed by atoms with Crippen LogP contribution in [0.4, 0.5) is 0 Å². The third kappa shape index (κ3) is 3.51.